The number of aliphatic hydroxyl groups is 1. The van der Waals surface area contributed by atoms with E-state index in [1.807, 2.05) is 31.2 Å². The van der Waals surface area contributed by atoms with Crippen LogP contribution in [0.3, 0.4) is 0 Å². The molecule has 1 aliphatic rings. The van der Waals surface area contributed by atoms with Crippen LogP contribution in [-0.2, 0) is 10.5 Å². The Morgan fingerprint density at radius 2 is 2.26 bits per heavy atom. The molecule has 0 spiro atoms. The number of amides is 1. The van der Waals surface area contributed by atoms with Crippen LogP contribution in [0.4, 0.5) is 0 Å². The largest absolute Gasteiger partial charge is 0.386 e. The monoisotopic (exact) mass is 299 g/mol. The molecule has 1 saturated heterocycles. The van der Waals surface area contributed by atoms with Gasteiger partial charge in [0.1, 0.15) is 0 Å². The zero-order valence-electron chi connectivity index (χ0n) is 10.9. The Kier molecular flexibility index (Phi) is 4.76. The van der Waals surface area contributed by atoms with E-state index >= 15 is 0 Å². The van der Waals surface area contributed by atoms with E-state index in [1.165, 1.54) is 0 Å². The minimum absolute atomic E-state index is 0.102. The Morgan fingerprint density at radius 3 is 2.89 bits per heavy atom. The summed E-state index contributed by atoms with van der Waals surface area (Å²) in [5.41, 5.74) is 0.478. The van der Waals surface area contributed by atoms with E-state index in [9.17, 15) is 9.90 Å². The van der Waals surface area contributed by atoms with E-state index in [-0.39, 0.29) is 5.91 Å². The molecule has 2 rings (SSSR count). The van der Waals surface area contributed by atoms with Crippen molar-refractivity contribution in [3.8, 4) is 0 Å². The molecule has 1 fully saturated rings. The number of hydrogen-bond donors (Lipinski definition) is 1. The molecule has 5 heteroatoms. The molecule has 1 heterocycles. The van der Waals surface area contributed by atoms with Gasteiger partial charge in [-0.25, -0.2) is 0 Å². The minimum Gasteiger partial charge on any atom is -0.386 e. The lowest BCUT2D eigenvalue weighted by Crippen LogP contribution is -2.63. The summed E-state index contributed by atoms with van der Waals surface area (Å²) in [5.74, 6) is 1.33. The van der Waals surface area contributed by atoms with E-state index < -0.39 is 5.60 Å². The van der Waals surface area contributed by atoms with Gasteiger partial charge in [0.2, 0.25) is 5.91 Å². The highest BCUT2D eigenvalue weighted by atomic mass is 35.5. The molecular formula is C14H18ClNO2S. The van der Waals surface area contributed by atoms with Gasteiger partial charge < -0.3 is 10.0 Å². The van der Waals surface area contributed by atoms with Crippen LogP contribution in [-0.4, -0.2) is 40.4 Å². The average Bonchev–Trinajstić information content (AvgIpc) is 2.35. The van der Waals surface area contributed by atoms with E-state index in [4.69, 9.17) is 11.6 Å². The second kappa shape index (κ2) is 6.16. The summed E-state index contributed by atoms with van der Waals surface area (Å²) >= 11 is 7.48. The Bertz CT molecular complexity index is 461. The van der Waals surface area contributed by atoms with Crippen LogP contribution >= 0.6 is 23.4 Å². The van der Waals surface area contributed by atoms with Gasteiger partial charge in [0.15, 0.2) is 0 Å². The first-order chi connectivity index (χ1) is 9.02. The molecule has 0 saturated carbocycles. The van der Waals surface area contributed by atoms with Gasteiger partial charge in [-0.15, -0.1) is 11.8 Å². The number of benzene rings is 1. The number of carbonyl (C=O) groups excluding carboxylic acids is 1. The van der Waals surface area contributed by atoms with Gasteiger partial charge in [0, 0.05) is 10.8 Å². The first kappa shape index (κ1) is 14.7. The third-order valence-corrected chi connectivity index (χ3v) is 4.59. The van der Waals surface area contributed by atoms with Gasteiger partial charge in [-0.3, -0.25) is 4.79 Å². The average molecular weight is 300 g/mol. The minimum atomic E-state index is -0.646. The van der Waals surface area contributed by atoms with E-state index in [0.29, 0.717) is 25.3 Å². The van der Waals surface area contributed by atoms with Gasteiger partial charge in [-0.2, -0.15) is 0 Å². The van der Waals surface area contributed by atoms with Crippen LogP contribution in [0, 0.1) is 0 Å². The number of halogens is 1. The molecule has 1 aliphatic heterocycles. The molecular weight excluding hydrogens is 282 g/mol. The molecule has 0 atom stereocenters. The SMILES string of the molecule is CCC1(O)CN(C(=O)CSCc2cccc(Cl)c2)C1. The third-order valence-electron chi connectivity index (χ3n) is 3.36. The standard InChI is InChI=1S/C14H18ClNO2S/c1-2-14(18)9-16(10-14)13(17)8-19-7-11-4-3-5-12(15)6-11/h3-6,18H,2,7-10H2,1H3. The van der Waals surface area contributed by atoms with Crippen molar-refractivity contribution >= 4 is 29.3 Å². The Hall–Kier alpha value is -0.710. The molecule has 1 amide bonds. The number of carbonyl (C=O) groups is 1. The topological polar surface area (TPSA) is 40.5 Å². The van der Waals surface area contributed by atoms with E-state index in [1.54, 1.807) is 16.7 Å². The van der Waals surface area contributed by atoms with Crippen molar-refractivity contribution in [1.82, 2.24) is 4.90 Å². The van der Waals surface area contributed by atoms with Crippen LogP contribution in [0.25, 0.3) is 0 Å². The summed E-state index contributed by atoms with van der Waals surface area (Å²) in [7, 11) is 0. The van der Waals surface area contributed by atoms with Gasteiger partial charge in [0.05, 0.1) is 24.4 Å². The van der Waals surface area contributed by atoms with Crippen molar-refractivity contribution in [2.45, 2.75) is 24.7 Å². The summed E-state index contributed by atoms with van der Waals surface area (Å²) in [6, 6.07) is 7.67. The summed E-state index contributed by atoms with van der Waals surface area (Å²) < 4.78 is 0. The summed E-state index contributed by atoms with van der Waals surface area (Å²) in [6.07, 6.45) is 0.701. The van der Waals surface area contributed by atoms with Crippen molar-refractivity contribution in [2.24, 2.45) is 0 Å². The highest BCUT2D eigenvalue weighted by Gasteiger charge is 2.41. The molecule has 1 N–H and O–H groups in total. The maximum atomic E-state index is 11.9. The Labute approximate surface area is 122 Å². The maximum Gasteiger partial charge on any atom is 0.232 e. The fourth-order valence-corrected chi connectivity index (χ4v) is 3.13. The molecule has 0 unspecified atom stereocenters. The van der Waals surface area contributed by atoms with Crippen LogP contribution in [0.2, 0.25) is 5.02 Å². The molecule has 1 aromatic carbocycles. The van der Waals surface area contributed by atoms with Crippen LogP contribution < -0.4 is 0 Å². The summed E-state index contributed by atoms with van der Waals surface area (Å²) in [4.78, 5) is 13.6. The third kappa shape index (κ3) is 3.88. The zero-order valence-corrected chi connectivity index (χ0v) is 12.5. The van der Waals surface area contributed by atoms with Crippen LogP contribution in [0.5, 0.6) is 0 Å². The number of likely N-dealkylation sites (tertiary alicyclic amines) is 1. The quantitative estimate of drug-likeness (QED) is 0.908. The van der Waals surface area contributed by atoms with Crippen molar-refractivity contribution < 1.29 is 9.90 Å². The fourth-order valence-electron chi connectivity index (χ4n) is 2.04. The molecule has 0 aromatic heterocycles. The predicted molar refractivity (Wildman–Crippen MR) is 79.4 cm³/mol. The van der Waals surface area contributed by atoms with Crippen molar-refractivity contribution in [2.75, 3.05) is 18.8 Å². The fraction of sp³-hybridized carbons (Fsp3) is 0.500. The van der Waals surface area contributed by atoms with Crippen molar-refractivity contribution in [3.63, 3.8) is 0 Å². The Balaban J connectivity index is 1.71. The van der Waals surface area contributed by atoms with Crippen LogP contribution in [0.1, 0.15) is 18.9 Å². The molecule has 1 aromatic rings. The zero-order chi connectivity index (χ0) is 13.9. The van der Waals surface area contributed by atoms with E-state index in [0.717, 1.165) is 16.3 Å². The highest BCUT2D eigenvalue weighted by molar-refractivity contribution is 7.99. The van der Waals surface area contributed by atoms with Crippen molar-refractivity contribution in [1.29, 1.82) is 0 Å². The second-order valence-electron chi connectivity index (χ2n) is 4.95. The maximum absolute atomic E-state index is 11.9. The lowest BCUT2D eigenvalue weighted by atomic mass is 9.91. The molecule has 0 bridgehead atoms. The number of hydrogen-bond acceptors (Lipinski definition) is 3. The first-order valence-electron chi connectivity index (χ1n) is 6.35. The normalized spacial score (nSPS) is 17.1. The van der Waals surface area contributed by atoms with Crippen LogP contribution in [0.15, 0.2) is 24.3 Å². The predicted octanol–water partition coefficient (Wildman–Crippen LogP) is 2.56. The lowest BCUT2D eigenvalue weighted by molar-refractivity contribution is -0.152. The molecule has 19 heavy (non-hydrogen) atoms. The highest BCUT2D eigenvalue weighted by Crippen LogP contribution is 2.25. The molecule has 0 radical (unpaired) electrons. The number of nitrogens with zero attached hydrogens (tertiary/aromatic N) is 1. The first-order valence-corrected chi connectivity index (χ1v) is 7.88. The molecule has 3 nitrogen and oxygen atoms in total. The number of rotatable bonds is 5. The smallest absolute Gasteiger partial charge is 0.232 e. The lowest BCUT2D eigenvalue weighted by Gasteiger charge is -2.46. The van der Waals surface area contributed by atoms with Gasteiger partial charge >= 0.3 is 0 Å². The van der Waals surface area contributed by atoms with Gasteiger partial charge in [-0.05, 0) is 24.1 Å². The summed E-state index contributed by atoms with van der Waals surface area (Å²) in [6.45, 7) is 2.88. The summed E-state index contributed by atoms with van der Waals surface area (Å²) in [5, 5.41) is 10.6. The van der Waals surface area contributed by atoms with E-state index in [2.05, 4.69) is 0 Å². The second-order valence-corrected chi connectivity index (χ2v) is 6.37. The molecule has 0 aliphatic carbocycles. The molecule has 104 valence electrons. The Morgan fingerprint density at radius 1 is 1.53 bits per heavy atom. The van der Waals surface area contributed by atoms with Gasteiger partial charge in [0.25, 0.3) is 0 Å². The number of β-amino-alcohol motifs (C(OH)–C–C–N with tert-alkyl or cyclic N) is 1. The number of thioether (sulfide) groups is 1. The van der Waals surface area contributed by atoms with Gasteiger partial charge in [-0.1, -0.05) is 30.7 Å². The van der Waals surface area contributed by atoms with Crippen molar-refractivity contribution in [3.05, 3.63) is 34.9 Å².